The number of sulfonamides is 1. The highest BCUT2D eigenvalue weighted by molar-refractivity contribution is 7.89. The van der Waals surface area contributed by atoms with Crippen LogP contribution in [-0.4, -0.2) is 24.7 Å². The molecular formula is C25H27NO3S. The van der Waals surface area contributed by atoms with E-state index in [0.717, 1.165) is 45.8 Å². The lowest BCUT2D eigenvalue weighted by molar-refractivity contribution is -0.124. The Balaban J connectivity index is 1.77. The van der Waals surface area contributed by atoms with Crippen molar-refractivity contribution in [2.45, 2.75) is 56.9 Å². The molecule has 0 aromatic heterocycles. The van der Waals surface area contributed by atoms with Gasteiger partial charge in [-0.3, -0.25) is 4.79 Å². The predicted octanol–water partition coefficient (Wildman–Crippen LogP) is 5.18. The lowest BCUT2D eigenvalue weighted by Gasteiger charge is -2.37. The van der Waals surface area contributed by atoms with Gasteiger partial charge in [0.25, 0.3) is 15.9 Å². The van der Waals surface area contributed by atoms with Crippen LogP contribution in [0.15, 0.2) is 70.6 Å². The minimum absolute atomic E-state index is 0.163. The predicted molar refractivity (Wildman–Crippen MR) is 119 cm³/mol. The molecule has 0 saturated heterocycles. The number of carbonyl (C=O) groups is 1. The lowest BCUT2D eigenvalue weighted by atomic mass is 9.84. The minimum atomic E-state index is -3.94. The highest BCUT2D eigenvalue weighted by Gasteiger charge is 2.41. The van der Waals surface area contributed by atoms with Gasteiger partial charge in [0.1, 0.15) is 0 Å². The molecule has 30 heavy (non-hydrogen) atoms. The number of carbonyl (C=O) groups excluding carboxylic acids is 1. The molecular weight excluding hydrogens is 394 g/mol. The zero-order chi connectivity index (χ0) is 21.3. The Labute approximate surface area is 179 Å². The summed E-state index contributed by atoms with van der Waals surface area (Å²) in [4.78, 5) is 13.6. The second-order valence-electron chi connectivity index (χ2n) is 8.20. The van der Waals surface area contributed by atoms with E-state index in [9.17, 15) is 13.2 Å². The van der Waals surface area contributed by atoms with Gasteiger partial charge in [0.05, 0.1) is 10.9 Å². The molecule has 0 radical (unpaired) electrons. The van der Waals surface area contributed by atoms with Crippen LogP contribution in [0.4, 0.5) is 0 Å². The highest BCUT2D eigenvalue weighted by Crippen LogP contribution is 2.38. The molecule has 5 heteroatoms. The first-order chi connectivity index (χ1) is 14.4. The summed E-state index contributed by atoms with van der Waals surface area (Å²) in [5.74, 6) is -0.351. The molecule has 1 atom stereocenters. The molecule has 1 amide bonds. The molecule has 0 spiro atoms. The molecule has 156 valence electrons. The van der Waals surface area contributed by atoms with Crippen LogP contribution >= 0.6 is 0 Å². The largest absolute Gasteiger partial charge is 0.268 e. The van der Waals surface area contributed by atoms with Crippen molar-refractivity contribution < 1.29 is 13.2 Å². The molecule has 2 aliphatic rings. The molecule has 1 aliphatic heterocycles. The maximum atomic E-state index is 13.5. The summed E-state index contributed by atoms with van der Waals surface area (Å²) in [5.41, 5.74) is 4.95. The van der Waals surface area contributed by atoms with Crippen molar-refractivity contribution in [1.82, 2.24) is 4.31 Å². The standard InChI is InChI=1S/C25H27NO3S/c1-18-11-15-23(16-12-18)30(28,29)26-22(14-13-20-8-4-3-7-19(20)2)17-21-9-5-6-10-24(21)25(26)27/h3-4,7-8,11-16,22H,5-6,9-10,17H2,1-2H3/b14-13+. The third kappa shape index (κ3) is 3.86. The number of amides is 1. The van der Waals surface area contributed by atoms with Gasteiger partial charge >= 0.3 is 0 Å². The molecule has 0 bridgehead atoms. The summed E-state index contributed by atoms with van der Waals surface area (Å²) in [5, 5.41) is 0. The quantitative estimate of drug-likeness (QED) is 0.684. The number of hydrogen-bond acceptors (Lipinski definition) is 3. The van der Waals surface area contributed by atoms with Crippen LogP contribution in [0, 0.1) is 13.8 Å². The van der Waals surface area contributed by atoms with Gasteiger partial charge < -0.3 is 0 Å². The first-order valence-corrected chi connectivity index (χ1v) is 11.9. The lowest BCUT2D eigenvalue weighted by Crippen LogP contribution is -2.48. The van der Waals surface area contributed by atoms with E-state index in [1.54, 1.807) is 24.3 Å². The van der Waals surface area contributed by atoms with Crippen molar-refractivity contribution in [3.05, 3.63) is 82.4 Å². The van der Waals surface area contributed by atoms with Gasteiger partial charge in [-0.05, 0) is 69.2 Å². The number of rotatable bonds is 4. The zero-order valence-electron chi connectivity index (χ0n) is 17.5. The second kappa shape index (κ2) is 8.23. The summed E-state index contributed by atoms with van der Waals surface area (Å²) in [6.07, 6.45) is 7.95. The van der Waals surface area contributed by atoms with E-state index < -0.39 is 16.1 Å². The van der Waals surface area contributed by atoms with Gasteiger partial charge in [-0.15, -0.1) is 0 Å². The van der Waals surface area contributed by atoms with Crippen LogP contribution < -0.4 is 0 Å². The van der Waals surface area contributed by atoms with Gasteiger partial charge in [0.2, 0.25) is 0 Å². The first kappa shape index (κ1) is 20.6. The number of benzene rings is 2. The topological polar surface area (TPSA) is 54.5 Å². The van der Waals surface area contributed by atoms with Crippen LogP contribution in [0.5, 0.6) is 0 Å². The van der Waals surface area contributed by atoms with Crippen LogP contribution in [0.1, 0.15) is 48.8 Å². The van der Waals surface area contributed by atoms with Crippen LogP contribution in [-0.2, 0) is 14.8 Å². The number of aryl methyl sites for hydroxylation is 2. The van der Waals surface area contributed by atoms with Gasteiger partial charge in [-0.25, -0.2) is 12.7 Å². The smallest absolute Gasteiger partial charge is 0.267 e. The van der Waals surface area contributed by atoms with Gasteiger partial charge in [-0.1, -0.05) is 59.7 Å². The second-order valence-corrected chi connectivity index (χ2v) is 10.0. The van der Waals surface area contributed by atoms with Crippen LogP contribution in [0.25, 0.3) is 6.08 Å². The van der Waals surface area contributed by atoms with Crippen molar-refractivity contribution in [2.75, 3.05) is 0 Å². The van der Waals surface area contributed by atoms with E-state index in [-0.39, 0.29) is 10.8 Å². The molecule has 1 heterocycles. The van der Waals surface area contributed by atoms with Crippen LogP contribution in [0.2, 0.25) is 0 Å². The van der Waals surface area contributed by atoms with E-state index in [0.29, 0.717) is 18.4 Å². The van der Waals surface area contributed by atoms with Gasteiger partial charge in [-0.2, -0.15) is 0 Å². The number of nitrogens with zero attached hydrogens (tertiary/aromatic N) is 1. The SMILES string of the molecule is Cc1ccc(S(=O)(=O)N2C(=O)C3=C(CCCC3)CC2/C=C/c2ccccc2C)cc1. The third-order valence-corrected chi connectivity index (χ3v) is 7.88. The van der Waals surface area contributed by atoms with Crippen molar-refractivity contribution in [1.29, 1.82) is 0 Å². The number of hydrogen-bond donors (Lipinski definition) is 0. The van der Waals surface area contributed by atoms with E-state index in [2.05, 4.69) is 0 Å². The Morgan fingerprint density at radius 1 is 0.967 bits per heavy atom. The Bertz CT molecular complexity index is 1130. The summed E-state index contributed by atoms with van der Waals surface area (Å²) >= 11 is 0. The molecule has 0 N–H and O–H groups in total. The Morgan fingerprint density at radius 2 is 1.67 bits per heavy atom. The van der Waals surface area contributed by atoms with Crippen LogP contribution in [0.3, 0.4) is 0 Å². The van der Waals surface area contributed by atoms with E-state index >= 15 is 0 Å². The van der Waals surface area contributed by atoms with Gasteiger partial charge in [0, 0.05) is 5.57 Å². The summed E-state index contributed by atoms with van der Waals surface area (Å²) in [7, 11) is -3.94. The maximum Gasteiger partial charge on any atom is 0.267 e. The fourth-order valence-corrected chi connectivity index (χ4v) is 5.85. The zero-order valence-corrected chi connectivity index (χ0v) is 18.3. The van der Waals surface area contributed by atoms with Gasteiger partial charge in [0.15, 0.2) is 0 Å². The molecule has 2 aromatic carbocycles. The van der Waals surface area contributed by atoms with Crippen molar-refractivity contribution >= 4 is 22.0 Å². The average molecular weight is 422 g/mol. The normalized spacial score (nSPS) is 20.0. The third-order valence-electron chi connectivity index (χ3n) is 6.06. The molecule has 4 rings (SSSR count). The minimum Gasteiger partial charge on any atom is -0.268 e. The molecule has 0 saturated carbocycles. The van der Waals surface area contributed by atoms with Crippen molar-refractivity contribution in [3.63, 3.8) is 0 Å². The molecule has 0 fully saturated rings. The maximum absolute atomic E-state index is 13.5. The fourth-order valence-electron chi connectivity index (χ4n) is 4.32. The van der Waals surface area contributed by atoms with Crippen molar-refractivity contribution in [3.8, 4) is 0 Å². The molecule has 1 unspecified atom stereocenters. The van der Waals surface area contributed by atoms with E-state index in [4.69, 9.17) is 0 Å². The highest BCUT2D eigenvalue weighted by atomic mass is 32.2. The van der Waals surface area contributed by atoms with E-state index in [1.807, 2.05) is 50.3 Å². The molecule has 2 aromatic rings. The average Bonchev–Trinajstić information content (AvgIpc) is 2.73. The summed E-state index contributed by atoms with van der Waals surface area (Å²) < 4.78 is 28.2. The summed E-state index contributed by atoms with van der Waals surface area (Å²) in [6, 6.07) is 14.2. The Morgan fingerprint density at radius 3 is 2.40 bits per heavy atom. The molecule has 4 nitrogen and oxygen atoms in total. The monoisotopic (exact) mass is 421 g/mol. The van der Waals surface area contributed by atoms with Crippen molar-refractivity contribution in [2.24, 2.45) is 0 Å². The Kier molecular flexibility index (Phi) is 5.65. The van der Waals surface area contributed by atoms with E-state index in [1.165, 1.54) is 0 Å². The fraction of sp³-hybridized carbons (Fsp3) is 0.320. The summed E-state index contributed by atoms with van der Waals surface area (Å²) in [6.45, 7) is 3.93. The molecule has 1 aliphatic carbocycles. The first-order valence-electron chi connectivity index (χ1n) is 10.5. The Hall–Kier alpha value is -2.66.